The van der Waals surface area contributed by atoms with E-state index in [1.807, 2.05) is 19.1 Å². The molecule has 1 amide bonds. The Hall–Kier alpha value is -2.61. The first-order chi connectivity index (χ1) is 12.8. The van der Waals surface area contributed by atoms with Crippen molar-refractivity contribution in [2.45, 2.75) is 30.7 Å². The molecule has 8 heteroatoms. The SMILES string of the molecule is CC1CCN(C(=O)CN2c3cccc4cccc(c34)S2(=O)=O)C(C(=O)O)C1. The molecule has 4 rings (SSSR count). The quantitative estimate of drug-likeness (QED) is 0.868. The van der Waals surface area contributed by atoms with Gasteiger partial charge in [-0.25, -0.2) is 13.2 Å². The Balaban J connectivity index is 1.68. The third-order valence-electron chi connectivity index (χ3n) is 5.43. The second-order valence-electron chi connectivity index (χ2n) is 7.21. The number of anilines is 1. The maximum Gasteiger partial charge on any atom is 0.326 e. The standard InChI is InChI=1S/C19H20N2O5S/c1-12-8-9-20(15(10-12)19(23)24)17(22)11-21-14-6-2-4-13-5-3-7-16(18(13)14)27(21,25)26/h2-7,12,15H,8-11H2,1H3,(H,23,24). The molecule has 0 saturated carbocycles. The second-order valence-corrected chi connectivity index (χ2v) is 9.04. The second kappa shape index (κ2) is 6.23. The van der Waals surface area contributed by atoms with Crippen LogP contribution in [0.15, 0.2) is 41.3 Å². The molecule has 0 radical (unpaired) electrons. The minimum absolute atomic E-state index is 0.186. The van der Waals surface area contributed by atoms with Crippen molar-refractivity contribution in [1.82, 2.24) is 4.90 Å². The first-order valence-corrected chi connectivity index (χ1v) is 10.3. The van der Waals surface area contributed by atoms with E-state index in [0.717, 1.165) is 9.69 Å². The predicted octanol–water partition coefficient (Wildman–Crippen LogP) is 2.06. The van der Waals surface area contributed by atoms with E-state index in [9.17, 15) is 23.1 Å². The number of carbonyl (C=O) groups excluding carboxylic acids is 1. The molecule has 0 aromatic heterocycles. The van der Waals surface area contributed by atoms with Crippen molar-refractivity contribution in [2.24, 2.45) is 5.92 Å². The fraction of sp³-hybridized carbons (Fsp3) is 0.368. The molecular formula is C19H20N2O5S. The number of amides is 1. The molecule has 1 fully saturated rings. The highest BCUT2D eigenvalue weighted by atomic mass is 32.2. The topological polar surface area (TPSA) is 95.0 Å². The van der Waals surface area contributed by atoms with E-state index >= 15 is 0 Å². The van der Waals surface area contributed by atoms with Crippen LogP contribution in [0.5, 0.6) is 0 Å². The Morgan fingerprint density at radius 2 is 1.89 bits per heavy atom. The first-order valence-electron chi connectivity index (χ1n) is 8.87. The highest BCUT2D eigenvalue weighted by molar-refractivity contribution is 7.93. The van der Waals surface area contributed by atoms with E-state index in [-0.39, 0.29) is 10.8 Å². The summed E-state index contributed by atoms with van der Waals surface area (Å²) < 4.78 is 27.1. The molecule has 2 aliphatic heterocycles. The third-order valence-corrected chi connectivity index (χ3v) is 7.23. The van der Waals surface area contributed by atoms with Crippen LogP contribution in [0, 0.1) is 5.92 Å². The summed E-state index contributed by atoms with van der Waals surface area (Å²) >= 11 is 0. The molecule has 27 heavy (non-hydrogen) atoms. The molecule has 2 heterocycles. The number of hydrogen-bond acceptors (Lipinski definition) is 4. The third kappa shape index (κ3) is 2.75. The molecule has 0 aliphatic carbocycles. The zero-order valence-corrected chi connectivity index (χ0v) is 15.6. The van der Waals surface area contributed by atoms with Gasteiger partial charge in [0, 0.05) is 11.9 Å². The van der Waals surface area contributed by atoms with Crippen LogP contribution < -0.4 is 4.31 Å². The first kappa shape index (κ1) is 17.8. The van der Waals surface area contributed by atoms with Gasteiger partial charge < -0.3 is 10.0 Å². The van der Waals surface area contributed by atoms with Gasteiger partial charge in [-0.1, -0.05) is 31.2 Å². The molecule has 2 unspecified atom stereocenters. The summed E-state index contributed by atoms with van der Waals surface area (Å²) in [5.74, 6) is -1.32. The Morgan fingerprint density at radius 3 is 2.59 bits per heavy atom. The minimum Gasteiger partial charge on any atom is -0.480 e. The van der Waals surface area contributed by atoms with E-state index in [4.69, 9.17) is 0 Å². The van der Waals surface area contributed by atoms with Crippen molar-refractivity contribution in [3.63, 3.8) is 0 Å². The number of carboxylic acids is 1. The number of sulfonamides is 1. The summed E-state index contributed by atoms with van der Waals surface area (Å²) in [5, 5.41) is 10.9. The summed E-state index contributed by atoms with van der Waals surface area (Å²) in [6.45, 7) is 1.89. The molecule has 1 N–H and O–H groups in total. The van der Waals surface area contributed by atoms with Crippen molar-refractivity contribution >= 4 is 38.4 Å². The number of aliphatic carboxylic acids is 1. The molecule has 0 spiro atoms. The summed E-state index contributed by atoms with van der Waals surface area (Å²) in [6.07, 6.45) is 1.09. The van der Waals surface area contributed by atoms with Gasteiger partial charge in [-0.15, -0.1) is 0 Å². The van der Waals surface area contributed by atoms with Crippen LogP contribution in [-0.2, 0) is 19.6 Å². The van der Waals surface area contributed by atoms with Gasteiger partial charge in [0.05, 0.1) is 10.6 Å². The zero-order valence-electron chi connectivity index (χ0n) is 14.8. The van der Waals surface area contributed by atoms with Gasteiger partial charge in [0.2, 0.25) is 5.91 Å². The minimum atomic E-state index is -3.84. The highest BCUT2D eigenvalue weighted by Crippen LogP contribution is 2.42. The van der Waals surface area contributed by atoms with Gasteiger partial charge >= 0.3 is 5.97 Å². The molecule has 2 atom stereocenters. The number of hydrogen-bond donors (Lipinski definition) is 1. The normalized spacial score (nSPS) is 23.6. The number of carbonyl (C=O) groups is 2. The van der Waals surface area contributed by atoms with Crippen LogP contribution in [0.4, 0.5) is 5.69 Å². The Labute approximate surface area is 157 Å². The Bertz CT molecular complexity index is 1040. The van der Waals surface area contributed by atoms with Crippen LogP contribution in [0.3, 0.4) is 0 Å². The Kier molecular flexibility index (Phi) is 4.10. The molecular weight excluding hydrogens is 368 g/mol. The van der Waals surface area contributed by atoms with Gasteiger partial charge in [-0.05, 0) is 36.3 Å². The molecule has 7 nitrogen and oxygen atoms in total. The van der Waals surface area contributed by atoms with E-state index < -0.39 is 34.5 Å². The summed E-state index contributed by atoms with van der Waals surface area (Å²) in [6, 6.07) is 9.39. The number of rotatable bonds is 3. The van der Waals surface area contributed by atoms with Gasteiger partial charge in [0.1, 0.15) is 12.6 Å². The van der Waals surface area contributed by atoms with Crippen molar-refractivity contribution in [2.75, 3.05) is 17.4 Å². The monoisotopic (exact) mass is 388 g/mol. The molecule has 2 aromatic rings. The van der Waals surface area contributed by atoms with Gasteiger partial charge in [-0.2, -0.15) is 0 Å². The van der Waals surface area contributed by atoms with Crippen molar-refractivity contribution < 1.29 is 23.1 Å². The predicted molar refractivity (Wildman–Crippen MR) is 100 cm³/mol. The van der Waals surface area contributed by atoms with Crippen molar-refractivity contribution in [3.05, 3.63) is 36.4 Å². The van der Waals surface area contributed by atoms with Crippen LogP contribution >= 0.6 is 0 Å². The lowest BCUT2D eigenvalue weighted by Gasteiger charge is -2.36. The fourth-order valence-corrected chi connectivity index (χ4v) is 5.68. The van der Waals surface area contributed by atoms with E-state index in [2.05, 4.69) is 0 Å². The molecule has 0 bridgehead atoms. The van der Waals surface area contributed by atoms with E-state index in [0.29, 0.717) is 30.5 Å². The van der Waals surface area contributed by atoms with E-state index in [1.54, 1.807) is 18.2 Å². The van der Waals surface area contributed by atoms with Crippen LogP contribution in [0.25, 0.3) is 10.8 Å². The molecule has 1 saturated heterocycles. The maximum atomic E-state index is 13.0. The van der Waals surface area contributed by atoms with Gasteiger partial charge in [0.25, 0.3) is 10.0 Å². The van der Waals surface area contributed by atoms with Gasteiger partial charge in [-0.3, -0.25) is 9.10 Å². The number of likely N-dealkylation sites (tertiary alicyclic amines) is 1. The van der Waals surface area contributed by atoms with Crippen LogP contribution in [0.2, 0.25) is 0 Å². The molecule has 142 valence electrons. The lowest BCUT2D eigenvalue weighted by Crippen LogP contribution is -2.53. The van der Waals surface area contributed by atoms with Crippen LogP contribution in [-0.4, -0.2) is 49.4 Å². The number of carboxylic acid groups (broad SMARTS) is 1. The van der Waals surface area contributed by atoms with Gasteiger partial charge in [0.15, 0.2) is 0 Å². The zero-order chi connectivity index (χ0) is 19.3. The van der Waals surface area contributed by atoms with Crippen molar-refractivity contribution in [3.8, 4) is 0 Å². The lowest BCUT2D eigenvalue weighted by molar-refractivity contribution is -0.152. The average Bonchev–Trinajstić information content (AvgIpc) is 2.85. The number of nitrogens with zero attached hydrogens (tertiary/aromatic N) is 2. The summed E-state index contributed by atoms with van der Waals surface area (Å²) in [4.78, 5) is 26.0. The lowest BCUT2D eigenvalue weighted by atomic mass is 9.92. The van der Waals surface area contributed by atoms with E-state index in [1.165, 1.54) is 11.0 Å². The van der Waals surface area contributed by atoms with Crippen molar-refractivity contribution in [1.29, 1.82) is 0 Å². The highest BCUT2D eigenvalue weighted by Gasteiger charge is 2.40. The average molecular weight is 388 g/mol. The smallest absolute Gasteiger partial charge is 0.326 e. The summed E-state index contributed by atoms with van der Waals surface area (Å²) in [7, 11) is -3.84. The van der Waals surface area contributed by atoms with Crippen LogP contribution in [0.1, 0.15) is 19.8 Å². The molecule has 2 aromatic carbocycles. The Morgan fingerprint density at radius 1 is 1.19 bits per heavy atom. The largest absolute Gasteiger partial charge is 0.480 e. The fourth-order valence-electron chi connectivity index (χ4n) is 4.02. The molecule has 2 aliphatic rings. The maximum absolute atomic E-state index is 13.0. The number of piperidine rings is 1. The summed E-state index contributed by atoms with van der Waals surface area (Å²) in [5.41, 5.74) is 0.466. The number of benzene rings is 2.